The number of aromatic nitrogens is 2. The topological polar surface area (TPSA) is 63.0 Å². The summed E-state index contributed by atoms with van der Waals surface area (Å²) >= 11 is 1.64. The Morgan fingerprint density at radius 3 is 2.96 bits per heavy atom. The number of hydrogen-bond acceptors (Lipinski definition) is 4. The van der Waals surface area contributed by atoms with E-state index in [1.54, 1.807) is 11.3 Å². The van der Waals surface area contributed by atoms with Crippen molar-refractivity contribution >= 4 is 46.2 Å². The normalized spacial score (nSPS) is 15.8. The summed E-state index contributed by atoms with van der Waals surface area (Å²) in [6.45, 7) is 5.21. The molecule has 0 saturated heterocycles. The van der Waals surface area contributed by atoms with Crippen molar-refractivity contribution in [3.05, 3.63) is 23.5 Å². The fraction of sp³-hybridized carbons (Fsp3) is 0.667. The van der Waals surface area contributed by atoms with Crippen LogP contribution in [-0.4, -0.2) is 41.1 Å². The van der Waals surface area contributed by atoms with Crippen molar-refractivity contribution in [2.75, 3.05) is 19.7 Å². The highest BCUT2D eigenvalue weighted by Gasteiger charge is 2.13. The van der Waals surface area contributed by atoms with Gasteiger partial charge in [0.2, 0.25) is 0 Å². The Hall–Kier alpha value is -0.870. The van der Waals surface area contributed by atoms with Crippen molar-refractivity contribution in [2.24, 2.45) is 4.99 Å². The number of imidazole rings is 1. The van der Waals surface area contributed by atoms with Gasteiger partial charge < -0.3 is 15.4 Å². The van der Waals surface area contributed by atoms with Gasteiger partial charge in [-0.2, -0.15) is 0 Å². The lowest BCUT2D eigenvalue weighted by Gasteiger charge is -2.22. The lowest BCUT2D eigenvalue weighted by atomic mass is 9.98. The smallest absolute Gasteiger partial charge is 0.193 e. The maximum atomic E-state index is 5.97. The molecule has 0 radical (unpaired) electrons. The molecule has 3 rings (SSSR count). The van der Waals surface area contributed by atoms with Crippen LogP contribution in [0.4, 0.5) is 0 Å². The summed E-state index contributed by atoms with van der Waals surface area (Å²) in [5.41, 5.74) is 0.990. The number of aliphatic imine (C=N–C) groups is 1. The second-order valence-electron chi connectivity index (χ2n) is 6.43. The van der Waals surface area contributed by atoms with E-state index in [9.17, 15) is 0 Å². The zero-order valence-corrected chi connectivity index (χ0v) is 18.6. The Labute approximate surface area is 176 Å². The largest absolute Gasteiger partial charge is 0.378 e. The van der Waals surface area contributed by atoms with E-state index in [0.717, 1.165) is 42.7 Å². The number of halogens is 1. The molecule has 6 nitrogen and oxygen atoms in total. The van der Waals surface area contributed by atoms with Gasteiger partial charge in [-0.1, -0.05) is 19.3 Å². The highest BCUT2D eigenvalue weighted by molar-refractivity contribution is 14.0. The van der Waals surface area contributed by atoms with Crippen molar-refractivity contribution in [1.82, 2.24) is 20.0 Å². The third kappa shape index (κ3) is 6.70. The number of guanidine groups is 1. The van der Waals surface area contributed by atoms with Gasteiger partial charge in [-0.15, -0.1) is 35.3 Å². The van der Waals surface area contributed by atoms with E-state index in [-0.39, 0.29) is 24.0 Å². The minimum absolute atomic E-state index is 0. The number of ether oxygens (including phenoxy) is 1. The van der Waals surface area contributed by atoms with Crippen LogP contribution < -0.4 is 10.6 Å². The predicted octanol–water partition coefficient (Wildman–Crippen LogP) is 3.81. The highest BCUT2D eigenvalue weighted by atomic mass is 127. The molecule has 26 heavy (non-hydrogen) atoms. The number of fused-ring (bicyclic) bond motifs is 1. The molecule has 0 bridgehead atoms. The summed E-state index contributed by atoms with van der Waals surface area (Å²) < 4.78 is 8.01. The molecule has 0 atom stereocenters. The first kappa shape index (κ1) is 21.4. The Balaban J connectivity index is 0.00000243. The molecule has 1 aliphatic carbocycles. The number of hydrogen-bond donors (Lipinski definition) is 2. The minimum Gasteiger partial charge on any atom is -0.378 e. The molecule has 0 aliphatic heterocycles. The first-order valence-corrected chi connectivity index (χ1v) is 10.3. The van der Waals surface area contributed by atoms with Crippen molar-refractivity contribution < 1.29 is 4.74 Å². The van der Waals surface area contributed by atoms with Gasteiger partial charge in [-0.3, -0.25) is 4.40 Å². The molecule has 2 N–H and O–H groups in total. The summed E-state index contributed by atoms with van der Waals surface area (Å²) in [6, 6.07) is 0. The van der Waals surface area contributed by atoms with Crippen LogP contribution in [0.1, 0.15) is 51.1 Å². The Bertz CT molecular complexity index is 637. The fourth-order valence-corrected chi connectivity index (χ4v) is 3.83. The van der Waals surface area contributed by atoms with E-state index in [2.05, 4.69) is 27.5 Å². The van der Waals surface area contributed by atoms with Crippen LogP contribution in [0.2, 0.25) is 0 Å². The lowest BCUT2D eigenvalue weighted by molar-refractivity contribution is 0.0277. The molecular weight excluding hydrogens is 461 g/mol. The third-order valence-electron chi connectivity index (χ3n) is 4.41. The van der Waals surface area contributed by atoms with E-state index in [1.165, 1.54) is 32.1 Å². The average molecular weight is 491 g/mol. The molecule has 0 spiro atoms. The standard InChI is InChI=1S/C18H29N5OS.HI/c1-2-19-17(20-9-6-11-24-16-7-4-3-5-8-16)21-13-15-14-23-10-12-25-18(23)22-15;/h10,12,14,16H,2-9,11,13H2,1H3,(H2,19,20,21);1H. The van der Waals surface area contributed by atoms with E-state index in [1.807, 2.05) is 22.2 Å². The predicted molar refractivity (Wildman–Crippen MR) is 119 cm³/mol. The van der Waals surface area contributed by atoms with Gasteiger partial charge in [0.25, 0.3) is 0 Å². The molecule has 146 valence electrons. The molecule has 2 aromatic rings. The van der Waals surface area contributed by atoms with Gasteiger partial charge in [0.1, 0.15) is 0 Å². The number of thiazole rings is 1. The first-order valence-electron chi connectivity index (χ1n) is 9.40. The summed E-state index contributed by atoms with van der Waals surface area (Å²) in [6.07, 6.45) is 12.1. The van der Waals surface area contributed by atoms with Crippen LogP contribution in [0.15, 0.2) is 22.8 Å². The molecule has 0 aromatic carbocycles. The van der Waals surface area contributed by atoms with E-state index in [4.69, 9.17) is 4.74 Å². The summed E-state index contributed by atoms with van der Waals surface area (Å²) in [5, 5.41) is 8.71. The molecule has 1 fully saturated rings. The van der Waals surface area contributed by atoms with Gasteiger partial charge in [0.05, 0.1) is 18.3 Å². The van der Waals surface area contributed by atoms with Crippen LogP contribution in [-0.2, 0) is 11.3 Å². The van der Waals surface area contributed by atoms with Gasteiger partial charge in [0, 0.05) is 37.5 Å². The second kappa shape index (κ2) is 11.8. The molecule has 2 heterocycles. The minimum atomic E-state index is 0. The van der Waals surface area contributed by atoms with Crippen LogP contribution in [0.25, 0.3) is 4.96 Å². The van der Waals surface area contributed by atoms with Gasteiger partial charge in [0.15, 0.2) is 10.9 Å². The molecule has 1 aliphatic rings. The van der Waals surface area contributed by atoms with E-state index >= 15 is 0 Å². The summed E-state index contributed by atoms with van der Waals surface area (Å²) in [4.78, 5) is 10.2. The van der Waals surface area contributed by atoms with Crippen molar-refractivity contribution in [2.45, 2.75) is 58.1 Å². The molecule has 0 unspecified atom stereocenters. The van der Waals surface area contributed by atoms with Crippen LogP contribution in [0.5, 0.6) is 0 Å². The van der Waals surface area contributed by atoms with E-state index < -0.39 is 0 Å². The Kier molecular flexibility index (Phi) is 9.69. The molecule has 8 heteroatoms. The highest BCUT2D eigenvalue weighted by Crippen LogP contribution is 2.20. The van der Waals surface area contributed by atoms with Crippen LogP contribution in [0, 0.1) is 0 Å². The SMILES string of the molecule is CCNC(=NCc1cn2ccsc2n1)NCCCOC1CCCCC1.I. The Morgan fingerprint density at radius 1 is 1.35 bits per heavy atom. The molecular formula is C18H30IN5OS. The molecule has 1 saturated carbocycles. The number of nitrogens with one attached hydrogen (secondary N) is 2. The summed E-state index contributed by atoms with van der Waals surface area (Å²) in [5.74, 6) is 0.844. The molecule has 0 amide bonds. The quantitative estimate of drug-likeness (QED) is 0.255. The maximum Gasteiger partial charge on any atom is 0.193 e. The number of nitrogens with zero attached hydrogens (tertiary/aromatic N) is 3. The monoisotopic (exact) mass is 491 g/mol. The van der Waals surface area contributed by atoms with Gasteiger partial charge in [-0.25, -0.2) is 9.98 Å². The lowest BCUT2D eigenvalue weighted by Crippen LogP contribution is -2.38. The van der Waals surface area contributed by atoms with Crippen LogP contribution >= 0.6 is 35.3 Å². The third-order valence-corrected chi connectivity index (χ3v) is 5.18. The Morgan fingerprint density at radius 2 is 2.19 bits per heavy atom. The second-order valence-corrected chi connectivity index (χ2v) is 7.30. The van der Waals surface area contributed by atoms with Crippen LogP contribution in [0.3, 0.4) is 0 Å². The average Bonchev–Trinajstić information content (AvgIpc) is 3.22. The van der Waals surface area contributed by atoms with Gasteiger partial charge >= 0.3 is 0 Å². The maximum absolute atomic E-state index is 5.97. The van der Waals surface area contributed by atoms with Gasteiger partial charge in [-0.05, 0) is 26.2 Å². The van der Waals surface area contributed by atoms with E-state index in [0.29, 0.717) is 12.6 Å². The number of rotatable bonds is 8. The van der Waals surface area contributed by atoms with Crippen molar-refractivity contribution in [1.29, 1.82) is 0 Å². The van der Waals surface area contributed by atoms with Crippen molar-refractivity contribution in [3.8, 4) is 0 Å². The zero-order valence-electron chi connectivity index (χ0n) is 15.4. The molecule has 2 aromatic heterocycles. The fourth-order valence-electron chi connectivity index (χ4n) is 3.11. The van der Waals surface area contributed by atoms with Crippen molar-refractivity contribution in [3.63, 3.8) is 0 Å². The zero-order chi connectivity index (χ0) is 17.3. The summed E-state index contributed by atoms with van der Waals surface area (Å²) in [7, 11) is 0. The first-order chi connectivity index (χ1) is 12.3.